The highest BCUT2D eigenvalue weighted by molar-refractivity contribution is 6.07. The molecule has 4 nitrogen and oxygen atoms in total. The quantitative estimate of drug-likeness (QED) is 0.699. The zero-order chi connectivity index (χ0) is 11.9. The van der Waals surface area contributed by atoms with Gasteiger partial charge in [0.2, 0.25) is 0 Å². The number of benzene rings is 1. The van der Waals surface area contributed by atoms with E-state index in [0.29, 0.717) is 0 Å². The molecule has 1 aliphatic rings. The Balaban J connectivity index is 2.51. The average Bonchev–Trinajstić information content (AvgIpc) is 2.40. The number of hydrogen-bond donors (Lipinski definition) is 2. The van der Waals surface area contributed by atoms with Crippen molar-refractivity contribution in [1.29, 1.82) is 0 Å². The van der Waals surface area contributed by atoms with Crippen molar-refractivity contribution in [3.05, 3.63) is 34.9 Å². The van der Waals surface area contributed by atoms with Crippen LogP contribution in [0.3, 0.4) is 0 Å². The molecule has 1 fully saturated rings. The highest BCUT2D eigenvalue weighted by atomic mass is 16.2. The van der Waals surface area contributed by atoms with Crippen LogP contribution in [0.1, 0.15) is 23.6 Å². The van der Waals surface area contributed by atoms with E-state index in [1.165, 1.54) is 0 Å². The summed E-state index contributed by atoms with van der Waals surface area (Å²) in [7, 11) is 0. The molecular formula is C12H14N2O2. The SMILES string of the molecule is Cc1cc(C)cc(C2(C)NC(=O)NC2=O)c1. The summed E-state index contributed by atoms with van der Waals surface area (Å²) in [6.45, 7) is 5.64. The van der Waals surface area contributed by atoms with Crippen LogP contribution in [0, 0.1) is 13.8 Å². The fourth-order valence-electron chi connectivity index (χ4n) is 2.01. The monoisotopic (exact) mass is 218 g/mol. The van der Waals surface area contributed by atoms with Gasteiger partial charge in [0.1, 0.15) is 5.54 Å². The lowest BCUT2D eigenvalue weighted by Gasteiger charge is -2.22. The van der Waals surface area contributed by atoms with E-state index in [2.05, 4.69) is 10.6 Å². The molecule has 0 spiro atoms. The van der Waals surface area contributed by atoms with Crippen LogP contribution in [-0.4, -0.2) is 11.9 Å². The third-order valence-corrected chi connectivity index (χ3v) is 2.84. The summed E-state index contributed by atoms with van der Waals surface area (Å²) in [5, 5.41) is 4.91. The first-order valence-corrected chi connectivity index (χ1v) is 5.14. The van der Waals surface area contributed by atoms with Gasteiger partial charge in [-0.25, -0.2) is 4.79 Å². The summed E-state index contributed by atoms with van der Waals surface area (Å²) < 4.78 is 0. The van der Waals surface area contributed by atoms with Crippen molar-refractivity contribution in [2.75, 3.05) is 0 Å². The molecule has 84 valence electrons. The molecule has 3 amide bonds. The van der Waals surface area contributed by atoms with Crippen molar-refractivity contribution in [2.24, 2.45) is 0 Å². The van der Waals surface area contributed by atoms with Gasteiger partial charge in [0.15, 0.2) is 0 Å². The fourth-order valence-corrected chi connectivity index (χ4v) is 2.01. The van der Waals surface area contributed by atoms with Crippen molar-refractivity contribution in [3.63, 3.8) is 0 Å². The van der Waals surface area contributed by atoms with E-state index < -0.39 is 11.6 Å². The topological polar surface area (TPSA) is 58.2 Å². The molecule has 0 aliphatic carbocycles. The van der Waals surface area contributed by atoms with Gasteiger partial charge >= 0.3 is 6.03 Å². The van der Waals surface area contributed by atoms with Gasteiger partial charge in [-0.2, -0.15) is 0 Å². The van der Waals surface area contributed by atoms with Crippen molar-refractivity contribution in [2.45, 2.75) is 26.3 Å². The molecule has 1 heterocycles. The fraction of sp³-hybridized carbons (Fsp3) is 0.333. The smallest absolute Gasteiger partial charge is 0.320 e. The molecule has 4 heteroatoms. The van der Waals surface area contributed by atoms with Crippen LogP contribution in [0.5, 0.6) is 0 Å². The number of imide groups is 1. The number of carbonyl (C=O) groups is 2. The maximum absolute atomic E-state index is 11.7. The van der Waals surface area contributed by atoms with E-state index in [1.807, 2.05) is 32.0 Å². The molecule has 16 heavy (non-hydrogen) atoms. The summed E-state index contributed by atoms with van der Waals surface area (Å²) in [6.07, 6.45) is 0. The number of aryl methyl sites for hydroxylation is 2. The normalized spacial score (nSPS) is 24.2. The molecule has 1 aromatic carbocycles. The molecule has 1 atom stereocenters. The van der Waals surface area contributed by atoms with E-state index >= 15 is 0 Å². The minimum atomic E-state index is -0.951. The number of nitrogens with one attached hydrogen (secondary N) is 2. The summed E-state index contributed by atoms with van der Waals surface area (Å²) in [5.41, 5.74) is 2.01. The third kappa shape index (κ3) is 1.56. The first-order chi connectivity index (χ1) is 7.41. The predicted octanol–water partition coefficient (Wildman–Crippen LogP) is 1.36. The van der Waals surface area contributed by atoms with Gasteiger partial charge in [-0.3, -0.25) is 10.1 Å². The first kappa shape index (κ1) is 10.7. The number of hydrogen-bond acceptors (Lipinski definition) is 2. The summed E-state index contributed by atoms with van der Waals surface area (Å²) in [5.74, 6) is -0.303. The zero-order valence-corrected chi connectivity index (χ0v) is 9.55. The standard InChI is InChI=1S/C12H14N2O2/c1-7-4-8(2)6-9(5-7)12(3)10(15)13-11(16)14-12/h4-6H,1-3H3,(H2,13,14,15,16). The molecule has 0 bridgehead atoms. The Hall–Kier alpha value is -1.84. The summed E-state index contributed by atoms with van der Waals surface area (Å²) in [4.78, 5) is 22.9. The second kappa shape index (κ2) is 3.33. The van der Waals surface area contributed by atoms with Gasteiger partial charge in [-0.1, -0.05) is 29.3 Å². The van der Waals surface area contributed by atoms with Crippen molar-refractivity contribution in [3.8, 4) is 0 Å². The van der Waals surface area contributed by atoms with Gasteiger partial charge in [0.25, 0.3) is 5.91 Å². The molecule has 2 N–H and O–H groups in total. The Morgan fingerprint density at radius 3 is 2.06 bits per heavy atom. The highest BCUT2D eigenvalue weighted by Crippen LogP contribution is 2.25. The van der Waals surface area contributed by atoms with E-state index in [1.54, 1.807) is 6.92 Å². The summed E-state index contributed by atoms with van der Waals surface area (Å²) in [6, 6.07) is 5.42. The van der Waals surface area contributed by atoms with Crippen LogP contribution in [0.2, 0.25) is 0 Å². The maximum Gasteiger partial charge on any atom is 0.322 e. The molecule has 0 saturated carbocycles. The Morgan fingerprint density at radius 2 is 1.62 bits per heavy atom. The van der Waals surface area contributed by atoms with Crippen LogP contribution in [0.25, 0.3) is 0 Å². The van der Waals surface area contributed by atoms with Gasteiger partial charge in [0.05, 0.1) is 0 Å². The largest absolute Gasteiger partial charge is 0.322 e. The first-order valence-electron chi connectivity index (χ1n) is 5.14. The second-order valence-electron chi connectivity index (χ2n) is 4.41. The lowest BCUT2D eigenvalue weighted by molar-refractivity contribution is -0.123. The van der Waals surface area contributed by atoms with E-state index in [9.17, 15) is 9.59 Å². The molecule has 1 saturated heterocycles. The Labute approximate surface area is 94.0 Å². The molecule has 0 radical (unpaired) electrons. The van der Waals surface area contributed by atoms with Crippen LogP contribution >= 0.6 is 0 Å². The average molecular weight is 218 g/mol. The molecule has 1 aliphatic heterocycles. The Kier molecular flexibility index (Phi) is 2.22. The number of urea groups is 1. The van der Waals surface area contributed by atoms with Gasteiger partial charge in [-0.05, 0) is 26.3 Å². The van der Waals surface area contributed by atoms with Crippen molar-refractivity contribution >= 4 is 11.9 Å². The zero-order valence-electron chi connectivity index (χ0n) is 9.55. The second-order valence-corrected chi connectivity index (χ2v) is 4.41. The lowest BCUT2D eigenvalue weighted by Crippen LogP contribution is -2.40. The van der Waals surface area contributed by atoms with Gasteiger partial charge in [0, 0.05) is 0 Å². The lowest BCUT2D eigenvalue weighted by atomic mass is 9.90. The van der Waals surface area contributed by atoms with Crippen LogP contribution in [0.4, 0.5) is 4.79 Å². The third-order valence-electron chi connectivity index (χ3n) is 2.84. The van der Waals surface area contributed by atoms with Gasteiger partial charge in [-0.15, -0.1) is 0 Å². The van der Waals surface area contributed by atoms with E-state index in [4.69, 9.17) is 0 Å². The highest BCUT2D eigenvalue weighted by Gasteiger charge is 2.43. The number of carbonyl (C=O) groups excluding carboxylic acids is 2. The van der Waals surface area contributed by atoms with Crippen molar-refractivity contribution < 1.29 is 9.59 Å². The minimum Gasteiger partial charge on any atom is -0.320 e. The van der Waals surface area contributed by atoms with Crippen molar-refractivity contribution in [1.82, 2.24) is 10.6 Å². The molecule has 1 unspecified atom stereocenters. The van der Waals surface area contributed by atoms with Crippen LogP contribution in [0.15, 0.2) is 18.2 Å². The van der Waals surface area contributed by atoms with Gasteiger partial charge < -0.3 is 5.32 Å². The van der Waals surface area contributed by atoms with E-state index in [0.717, 1.165) is 16.7 Å². The molecule has 0 aromatic heterocycles. The molecule has 1 aromatic rings. The van der Waals surface area contributed by atoms with Crippen LogP contribution < -0.4 is 10.6 Å². The van der Waals surface area contributed by atoms with E-state index in [-0.39, 0.29) is 5.91 Å². The predicted molar refractivity (Wildman–Crippen MR) is 59.9 cm³/mol. The number of rotatable bonds is 1. The summed E-state index contributed by atoms with van der Waals surface area (Å²) >= 11 is 0. The maximum atomic E-state index is 11.7. The number of amides is 3. The Bertz CT molecular complexity index is 462. The minimum absolute atomic E-state index is 0.303. The molecule has 2 rings (SSSR count). The Morgan fingerprint density at radius 1 is 1.06 bits per heavy atom. The molecular weight excluding hydrogens is 204 g/mol. The van der Waals surface area contributed by atoms with Crippen LogP contribution in [-0.2, 0) is 10.3 Å².